The van der Waals surface area contributed by atoms with E-state index in [9.17, 15) is 13.2 Å². The van der Waals surface area contributed by atoms with Gasteiger partial charge in [0.2, 0.25) is 15.9 Å². The maximum atomic E-state index is 13.0. The highest BCUT2D eigenvalue weighted by Gasteiger charge is 2.33. The van der Waals surface area contributed by atoms with Crippen molar-refractivity contribution in [1.82, 2.24) is 5.32 Å². The number of hydrogen-bond acceptors (Lipinski definition) is 3. The minimum Gasteiger partial charge on any atom is -0.348 e. The van der Waals surface area contributed by atoms with Crippen LogP contribution in [0.4, 0.5) is 5.69 Å². The number of halogens is 2. The normalized spacial score (nSPS) is 13.6. The molecular weight excluding hydrogens is 431 g/mol. The molecule has 29 heavy (non-hydrogen) atoms. The summed E-state index contributed by atoms with van der Waals surface area (Å²) in [4.78, 5) is 13.0. The molecule has 0 saturated carbocycles. The van der Waals surface area contributed by atoms with Crippen molar-refractivity contribution in [2.75, 3.05) is 10.6 Å². The number of amides is 1. The number of nitrogens with zero attached hydrogens (tertiary/aromatic N) is 1. The Morgan fingerprint density at radius 3 is 2.24 bits per heavy atom. The van der Waals surface area contributed by atoms with Gasteiger partial charge in [-0.15, -0.1) is 0 Å². The highest BCUT2D eigenvalue weighted by molar-refractivity contribution is 7.92. The molecule has 0 bridgehead atoms. The summed E-state index contributed by atoms with van der Waals surface area (Å²) in [6, 6.07) is 11.3. The Morgan fingerprint density at radius 1 is 1.10 bits per heavy atom. The number of sulfonamides is 1. The molecule has 2 aromatic carbocycles. The van der Waals surface area contributed by atoms with Gasteiger partial charge in [0.1, 0.15) is 6.04 Å². The number of rotatable bonds is 8. The van der Waals surface area contributed by atoms with Crippen molar-refractivity contribution in [1.29, 1.82) is 0 Å². The predicted octanol–water partition coefficient (Wildman–Crippen LogP) is 4.98. The molecule has 8 heteroatoms. The highest BCUT2D eigenvalue weighted by atomic mass is 35.5. The summed E-state index contributed by atoms with van der Waals surface area (Å²) >= 11 is 12.3. The van der Waals surface area contributed by atoms with Crippen molar-refractivity contribution in [3.8, 4) is 0 Å². The molecule has 2 atom stereocenters. The molecule has 5 nitrogen and oxygen atoms in total. The first-order valence-corrected chi connectivity index (χ1v) is 12.0. The fraction of sp³-hybridized carbons (Fsp3) is 0.381. The first-order valence-electron chi connectivity index (χ1n) is 9.42. The second-order valence-electron chi connectivity index (χ2n) is 6.90. The number of hydrogen-bond donors (Lipinski definition) is 1. The van der Waals surface area contributed by atoms with Crippen LogP contribution in [0.15, 0.2) is 42.5 Å². The van der Waals surface area contributed by atoms with Crippen LogP contribution in [-0.2, 0) is 21.2 Å². The van der Waals surface area contributed by atoms with Crippen LogP contribution in [0.25, 0.3) is 0 Å². The van der Waals surface area contributed by atoms with Gasteiger partial charge in [0.05, 0.1) is 23.0 Å². The number of aryl methyl sites for hydroxylation is 1. The van der Waals surface area contributed by atoms with E-state index in [2.05, 4.69) is 12.2 Å². The molecule has 0 aromatic heterocycles. The third-order valence-electron chi connectivity index (χ3n) is 4.72. The van der Waals surface area contributed by atoms with Gasteiger partial charge in [-0.3, -0.25) is 9.10 Å². The first kappa shape index (κ1) is 23.5. The molecule has 158 valence electrons. The van der Waals surface area contributed by atoms with Crippen molar-refractivity contribution in [3.63, 3.8) is 0 Å². The topological polar surface area (TPSA) is 66.5 Å². The second-order valence-corrected chi connectivity index (χ2v) is 9.61. The maximum absolute atomic E-state index is 13.0. The molecule has 2 rings (SSSR count). The minimum absolute atomic E-state index is 0.184. The summed E-state index contributed by atoms with van der Waals surface area (Å²) in [6.45, 7) is 5.69. The molecule has 0 aliphatic heterocycles. The number of anilines is 1. The zero-order valence-corrected chi connectivity index (χ0v) is 19.3. The summed E-state index contributed by atoms with van der Waals surface area (Å²) in [6.07, 6.45) is 2.25. The molecule has 0 aliphatic rings. The van der Waals surface area contributed by atoms with Gasteiger partial charge in [0.25, 0.3) is 0 Å². The van der Waals surface area contributed by atoms with E-state index in [0.717, 1.165) is 22.5 Å². The van der Waals surface area contributed by atoms with Gasteiger partial charge in [-0.25, -0.2) is 8.42 Å². The lowest BCUT2D eigenvalue weighted by atomic mass is 10.0. The average Bonchev–Trinajstić information content (AvgIpc) is 2.67. The van der Waals surface area contributed by atoms with Crippen LogP contribution in [0.3, 0.4) is 0 Å². The zero-order chi connectivity index (χ0) is 21.8. The smallest absolute Gasteiger partial charge is 0.244 e. The van der Waals surface area contributed by atoms with E-state index in [0.29, 0.717) is 5.02 Å². The van der Waals surface area contributed by atoms with E-state index in [1.807, 2.05) is 31.2 Å². The van der Waals surface area contributed by atoms with Crippen molar-refractivity contribution in [3.05, 3.63) is 63.6 Å². The standard InChI is InChI=1S/C21H26Cl2N2O3S/c1-5-15-7-9-16(10-8-15)14(3)24-21(26)19(6-2)25(29(4,27)28)20-13-17(22)11-12-18(20)23/h7-14,19H,5-6H2,1-4H3,(H,24,26)/t14-,19+/m0/s1. The SMILES string of the molecule is CCc1ccc([C@H](C)NC(=O)[C@@H](CC)N(c2cc(Cl)ccc2Cl)S(C)(=O)=O)cc1. The van der Waals surface area contributed by atoms with Crippen LogP contribution < -0.4 is 9.62 Å². The summed E-state index contributed by atoms with van der Waals surface area (Å²) in [5, 5.41) is 3.45. The quantitative estimate of drug-likeness (QED) is 0.608. The summed E-state index contributed by atoms with van der Waals surface area (Å²) in [7, 11) is -3.79. The fourth-order valence-corrected chi connectivity index (χ4v) is 4.77. The Hall–Kier alpha value is -1.76. The lowest BCUT2D eigenvalue weighted by Gasteiger charge is -2.31. The van der Waals surface area contributed by atoms with Crippen LogP contribution in [0, 0.1) is 0 Å². The molecule has 0 aliphatic carbocycles. The average molecular weight is 457 g/mol. The Kier molecular flexibility index (Phi) is 7.97. The van der Waals surface area contributed by atoms with Crippen LogP contribution in [0.5, 0.6) is 0 Å². The van der Waals surface area contributed by atoms with Crippen molar-refractivity contribution in [2.45, 2.75) is 45.7 Å². The molecule has 0 heterocycles. The van der Waals surface area contributed by atoms with Crippen LogP contribution in [0.2, 0.25) is 10.0 Å². The Bertz CT molecular complexity index is 962. The Morgan fingerprint density at radius 2 is 1.72 bits per heavy atom. The van der Waals surface area contributed by atoms with E-state index >= 15 is 0 Å². The Labute approximate surface area is 183 Å². The molecule has 0 saturated heterocycles. The first-order chi connectivity index (χ1) is 13.6. The van der Waals surface area contributed by atoms with Gasteiger partial charge in [-0.1, -0.05) is 61.3 Å². The van der Waals surface area contributed by atoms with Crippen molar-refractivity contribution >= 4 is 44.8 Å². The molecule has 0 radical (unpaired) electrons. The highest BCUT2D eigenvalue weighted by Crippen LogP contribution is 2.33. The van der Waals surface area contributed by atoms with Crippen molar-refractivity contribution in [2.24, 2.45) is 0 Å². The van der Waals surface area contributed by atoms with Gasteiger partial charge in [0, 0.05) is 5.02 Å². The van der Waals surface area contributed by atoms with Gasteiger partial charge >= 0.3 is 0 Å². The van der Waals surface area contributed by atoms with E-state index in [1.54, 1.807) is 13.0 Å². The number of benzene rings is 2. The largest absolute Gasteiger partial charge is 0.348 e. The van der Waals surface area contributed by atoms with E-state index in [4.69, 9.17) is 23.2 Å². The Balaban J connectivity index is 2.34. The third kappa shape index (κ3) is 5.87. The summed E-state index contributed by atoms with van der Waals surface area (Å²) < 4.78 is 26.2. The maximum Gasteiger partial charge on any atom is 0.244 e. The van der Waals surface area contributed by atoms with Crippen molar-refractivity contribution < 1.29 is 13.2 Å². The molecule has 1 N–H and O–H groups in total. The van der Waals surface area contributed by atoms with Gasteiger partial charge in [-0.05, 0) is 49.1 Å². The van der Waals surface area contributed by atoms with E-state index < -0.39 is 22.0 Å². The van der Waals surface area contributed by atoms with Gasteiger partial charge in [0.15, 0.2) is 0 Å². The molecule has 0 unspecified atom stereocenters. The molecule has 2 aromatic rings. The number of carbonyl (C=O) groups excluding carboxylic acids is 1. The third-order valence-corrected chi connectivity index (χ3v) is 6.44. The number of carbonyl (C=O) groups is 1. The second kappa shape index (κ2) is 9.83. The molecule has 0 spiro atoms. The summed E-state index contributed by atoms with van der Waals surface area (Å²) in [5.74, 6) is -0.402. The van der Waals surface area contributed by atoms with E-state index in [1.165, 1.54) is 17.7 Å². The van der Waals surface area contributed by atoms with E-state index in [-0.39, 0.29) is 23.2 Å². The predicted molar refractivity (Wildman–Crippen MR) is 120 cm³/mol. The van der Waals surface area contributed by atoms with Crippen LogP contribution in [-0.4, -0.2) is 26.6 Å². The zero-order valence-electron chi connectivity index (χ0n) is 16.9. The lowest BCUT2D eigenvalue weighted by molar-refractivity contribution is -0.122. The fourth-order valence-electron chi connectivity index (χ4n) is 3.13. The molecule has 0 fully saturated rings. The van der Waals surface area contributed by atoms with Gasteiger partial charge in [-0.2, -0.15) is 0 Å². The molecular formula is C21H26Cl2N2O3S. The number of nitrogens with one attached hydrogen (secondary N) is 1. The monoisotopic (exact) mass is 456 g/mol. The van der Waals surface area contributed by atoms with Crippen LogP contribution in [0.1, 0.15) is 44.4 Å². The summed E-state index contributed by atoms with van der Waals surface area (Å²) in [5.41, 5.74) is 2.33. The van der Waals surface area contributed by atoms with Crippen LogP contribution >= 0.6 is 23.2 Å². The minimum atomic E-state index is -3.79. The lowest BCUT2D eigenvalue weighted by Crippen LogP contribution is -2.49. The van der Waals surface area contributed by atoms with Gasteiger partial charge < -0.3 is 5.32 Å². The molecule has 1 amide bonds.